The second-order valence-electron chi connectivity index (χ2n) is 4.68. The second kappa shape index (κ2) is 5.46. The van der Waals surface area contributed by atoms with Crippen molar-refractivity contribution in [1.29, 1.82) is 0 Å². The third kappa shape index (κ3) is 2.95. The third-order valence-corrected chi connectivity index (χ3v) is 3.49. The van der Waals surface area contributed by atoms with Crippen LogP contribution in [0.1, 0.15) is 20.3 Å². The average Bonchev–Trinajstić information content (AvgIpc) is 2.76. The van der Waals surface area contributed by atoms with Crippen molar-refractivity contribution in [2.24, 2.45) is 17.1 Å². The normalized spacial score (nSPS) is 27.5. The average molecular weight is 244 g/mol. The summed E-state index contributed by atoms with van der Waals surface area (Å²) in [5.74, 6) is -1.82. The number of ether oxygens (including phenoxy) is 1. The van der Waals surface area contributed by atoms with Crippen LogP contribution in [0.4, 0.5) is 0 Å². The van der Waals surface area contributed by atoms with E-state index in [2.05, 4.69) is 5.32 Å². The largest absolute Gasteiger partial charge is 0.481 e. The second-order valence-corrected chi connectivity index (χ2v) is 4.68. The molecule has 1 fully saturated rings. The lowest BCUT2D eigenvalue weighted by atomic mass is 9.86. The maximum absolute atomic E-state index is 12.0. The predicted molar refractivity (Wildman–Crippen MR) is 61.3 cm³/mol. The van der Waals surface area contributed by atoms with Crippen LogP contribution >= 0.6 is 0 Å². The lowest BCUT2D eigenvalue weighted by Crippen LogP contribution is -2.50. The van der Waals surface area contributed by atoms with Gasteiger partial charge >= 0.3 is 5.97 Å². The zero-order valence-corrected chi connectivity index (χ0v) is 10.2. The molecule has 17 heavy (non-hydrogen) atoms. The summed E-state index contributed by atoms with van der Waals surface area (Å²) in [5, 5.41) is 11.7. The van der Waals surface area contributed by atoms with Gasteiger partial charge in [0.25, 0.3) is 0 Å². The fourth-order valence-electron chi connectivity index (χ4n) is 1.68. The zero-order valence-electron chi connectivity index (χ0n) is 10.2. The fraction of sp³-hybridized carbons (Fsp3) is 0.818. The molecule has 3 unspecified atom stereocenters. The van der Waals surface area contributed by atoms with Gasteiger partial charge in [-0.1, -0.05) is 6.92 Å². The minimum Gasteiger partial charge on any atom is -0.481 e. The maximum atomic E-state index is 12.0. The van der Waals surface area contributed by atoms with Crippen molar-refractivity contribution in [3.63, 3.8) is 0 Å². The van der Waals surface area contributed by atoms with Crippen LogP contribution in [0.15, 0.2) is 0 Å². The van der Waals surface area contributed by atoms with Crippen molar-refractivity contribution in [3.05, 3.63) is 0 Å². The summed E-state index contributed by atoms with van der Waals surface area (Å²) in [4.78, 5) is 22.9. The van der Waals surface area contributed by atoms with Crippen molar-refractivity contribution >= 4 is 11.9 Å². The number of rotatable bonds is 5. The van der Waals surface area contributed by atoms with Crippen LogP contribution < -0.4 is 11.1 Å². The van der Waals surface area contributed by atoms with Gasteiger partial charge in [0.15, 0.2) is 0 Å². The molecule has 0 spiro atoms. The molecular formula is C11H20N2O4. The number of carboxylic acid groups (broad SMARTS) is 1. The molecule has 1 rings (SSSR count). The van der Waals surface area contributed by atoms with Crippen LogP contribution in [-0.4, -0.2) is 42.8 Å². The van der Waals surface area contributed by atoms with Crippen LogP contribution in [-0.2, 0) is 14.3 Å². The number of nitrogens with two attached hydrogens (primary N) is 1. The highest BCUT2D eigenvalue weighted by Gasteiger charge is 2.38. The minimum atomic E-state index is -0.946. The van der Waals surface area contributed by atoms with Crippen molar-refractivity contribution in [3.8, 4) is 0 Å². The molecule has 98 valence electrons. The highest BCUT2D eigenvalue weighted by Crippen LogP contribution is 2.21. The number of carbonyl (C=O) groups is 2. The van der Waals surface area contributed by atoms with Gasteiger partial charge in [-0.2, -0.15) is 0 Å². The van der Waals surface area contributed by atoms with Gasteiger partial charge in [-0.05, 0) is 13.3 Å². The molecule has 1 amide bonds. The molecule has 0 aromatic carbocycles. The van der Waals surface area contributed by atoms with Crippen molar-refractivity contribution in [2.45, 2.75) is 26.3 Å². The van der Waals surface area contributed by atoms with E-state index in [1.807, 2.05) is 6.92 Å². The van der Waals surface area contributed by atoms with E-state index in [-0.39, 0.29) is 25.7 Å². The number of hydrogen-bond donors (Lipinski definition) is 3. The molecule has 0 aliphatic carbocycles. The Morgan fingerprint density at radius 2 is 2.18 bits per heavy atom. The first-order chi connectivity index (χ1) is 7.94. The van der Waals surface area contributed by atoms with Crippen LogP contribution in [0.25, 0.3) is 0 Å². The summed E-state index contributed by atoms with van der Waals surface area (Å²) in [7, 11) is 0. The number of carbonyl (C=O) groups excluding carboxylic acids is 1. The summed E-state index contributed by atoms with van der Waals surface area (Å²) in [6.45, 7) is 4.28. The van der Waals surface area contributed by atoms with Crippen LogP contribution in [0, 0.1) is 11.3 Å². The Labute approximate surface area is 101 Å². The smallest absolute Gasteiger partial charge is 0.311 e. The fourth-order valence-corrected chi connectivity index (χ4v) is 1.68. The molecule has 0 radical (unpaired) electrons. The Kier molecular flexibility index (Phi) is 4.47. The molecule has 1 saturated heterocycles. The molecule has 0 aromatic rings. The van der Waals surface area contributed by atoms with Crippen molar-refractivity contribution in [2.75, 3.05) is 19.8 Å². The maximum Gasteiger partial charge on any atom is 0.311 e. The summed E-state index contributed by atoms with van der Waals surface area (Å²) in [6, 6.07) is -0.461. The number of nitrogens with one attached hydrogen (secondary N) is 1. The molecular weight excluding hydrogens is 224 g/mol. The van der Waals surface area contributed by atoms with E-state index in [1.54, 1.807) is 6.92 Å². The van der Waals surface area contributed by atoms with E-state index in [0.717, 1.165) is 0 Å². The first-order valence-electron chi connectivity index (χ1n) is 5.76. The van der Waals surface area contributed by atoms with E-state index >= 15 is 0 Å². The molecule has 0 saturated carbocycles. The molecule has 6 heteroatoms. The van der Waals surface area contributed by atoms with Gasteiger partial charge in [-0.3, -0.25) is 9.59 Å². The van der Waals surface area contributed by atoms with Gasteiger partial charge in [0.1, 0.15) is 5.92 Å². The van der Waals surface area contributed by atoms with Crippen LogP contribution in [0.2, 0.25) is 0 Å². The Morgan fingerprint density at radius 3 is 2.65 bits per heavy atom. The van der Waals surface area contributed by atoms with Gasteiger partial charge in [-0.25, -0.2) is 0 Å². The molecule has 1 aliphatic rings. The van der Waals surface area contributed by atoms with Gasteiger partial charge in [0.05, 0.1) is 24.7 Å². The first-order valence-corrected chi connectivity index (χ1v) is 5.76. The topological polar surface area (TPSA) is 102 Å². The summed E-state index contributed by atoms with van der Waals surface area (Å²) < 4.78 is 5.09. The summed E-state index contributed by atoms with van der Waals surface area (Å²) >= 11 is 0. The number of aliphatic carboxylic acids is 1. The standard InChI is InChI=1S/C11H20N2O4/c1-3-11(2,6-12)10(16)13-8-5-17-4-7(8)9(14)15/h7-8H,3-6,12H2,1-2H3,(H,13,16)(H,14,15). The first kappa shape index (κ1) is 13.9. The summed E-state index contributed by atoms with van der Waals surface area (Å²) in [6.07, 6.45) is 0.612. The predicted octanol–water partition coefficient (Wildman–Crippen LogP) is -0.423. The van der Waals surface area contributed by atoms with Gasteiger partial charge in [-0.15, -0.1) is 0 Å². The number of amides is 1. The summed E-state index contributed by atoms with van der Waals surface area (Å²) in [5.41, 5.74) is 4.93. The Hall–Kier alpha value is -1.14. The third-order valence-electron chi connectivity index (χ3n) is 3.49. The SMILES string of the molecule is CCC(C)(CN)C(=O)NC1COCC1C(=O)O. The molecule has 4 N–H and O–H groups in total. The highest BCUT2D eigenvalue weighted by molar-refractivity contribution is 5.83. The molecule has 0 bridgehead atoms. The highest BCUT2D eigenvalue weighted by atomic mass is 16.5. The van der Waals surface area contributed by atoms with Crippen LogP contribution in [0.5, 0.6) is 0 Å². The van der Waals surface area contributed by atoms with Gasteiger partial charge in [0, 0.05) is 6.54 Å². The molecule has 0 aromatic heterocycles. The van der Waals surface area contributed by atoms with Crippen molar-refractivity contribution < 1.29 is 19.4 Å². The Morgan fingerprint density at radius 1 is 1.53 bits per heavy atom. The van der Waals surface area contributed by atoms with Gasteiger partial charge < -0.3 is 20.9 Å². The molecule has 3 atom stereocenters. The van der Waals surface area contributed by atoms with Gasteiger partial charge in [0.2, 0.25) is 5.91 Å². The van der Waals surface area contributed by atoms with Crippen LogP contribution in [0.3, 0.4) is 0 Å². The lowest BCUT2D eigenvalue weighted by molar-refractivity contribution is -0.142. The van der Waals surface area contributed by atoms with E-state index in [9.17, 15) is 9.59 Å². The van der Waals surface area contributed by atoms with Crippen molar-refractivity contribution in [1.82, 2.24) is 5.32 Å². The monoisotopic (exact) mass is 244 g/mol. The number of hydrogen-bond acceptors (Lipinski definition) is 4. The van der Waals surface area contributed by atoms with E-state index in [4.69, 9.17) is 15.6 Å². The van der Waals surface area contributed by atoms with E-state index < -0.39 is 23.3 Å². The zero-order chi connectivity index (χ0) is 13.1. The minimum absolute atomic E-state index is 0.145. The van der Waals surface area contributed by atoms with E-state index in [1.165, 1.54) is 0 Å². The quantitative estimate of drug-likeness (QED) is 0.609. The molecule has 1 aliphatic heterocycles. The Bertz CT molecular complexity index is 302. The Balaban J connectivity index is 2.65. The lowest BCUT2D eigenvalue weighted by Gasteiger charge is -2.27. The van der Waals surface area contributed by atoms with E-state index in [0.29, 0.717) is 6.42 Å². The molecule has 6 nitrogen and oxygen atoms in total. The number of carboxylic acids is 1. The molecule has 1 heterocycles.